The highest BCUT2D eigenvalue weighted by molar-refractivity contribution is 5.74. The highest BCUT2D eigenvalue weighted by Crippen LogP contribution is 2.23. The second kappa shape index (κ2) is 9.70. The number of likely N-dealkylation sites (tertiary alicyclic amines) is 2. The van der Waals surface area contributed by atoms with Crippen LogP contribution < -0.4 is 9.64 Å². The molecule has 4 rings (SSSR count). The van der Waals surface area contributed by atoms with Gasteiger partial charge in [0.15, 0.2) is 0 Å². The van der Waals surface area contributed by atoms with E-state index < -0.39 is 0 Å². The van der Waals surface area contributed by atoms with Gasteiger partial charge in [0.2, 0.25) is 0 Å². The van der Waals surface area contributed by atoms with Crippen molar-refractivity contribution in [2.45, 2.75) is 45.1 Å². The van der Waals surface area contributed by atoms with Gasteiger partial charge in [0.1, 0.15) is 5.75 Å². The van der Waals surface area contributed by atoms with Crippen molar-refractivity contribution in [3.05, 3.63) is 24.3 Å². The van der Waals surface area contributed by atoms with Crippen molar-refractivity contribution >= 4 is 11.7 Å². The number of carbonyl (C=O) groups is 1. The maximum atomic E-state index is 13.1. The van der Waals surface area contributed by atoms with E-state index in [0.29, 0.717) is 12.6 Å². The smallest absolute Gasteiger partial charge is 0.320 e. The van der Waals surface area contributed by atoms with Crippen LogP contribution in [0.2, 0.25) is 0 Å². The van der Waals surface area contributed by atoms with Gasteiger partial charge in [0.05, 0.1) is 6.61 Å². The maximum Gasteiger partial charge on any atom is 0.320 e. The normalized spacial score (nSPS) is 22.0. The van der Waals surface area contributed by atoms with E-state index in [1.54, 1.807) is 0 Å². The van der Waals surface area contributed by atoms with Gasteiger partial charge in [-0.3, -0.25) is 0 Å². The number of hydrogen-bond acceptors (Lipinski definition) is 4. The van der Waals surface area contributed by atoms with Crippen LogP contribution in [0.5, 0.6) is 5.75 Å². The fourth-order valence-corrected chi connectivity index (χ4v) is 5.02. The highest BCUT2D eigenvalue weighted by Gasteiger charge is 2.30. The molecule has 2 amide bonds. The molecule has 3 aliphatic heterocycles. The Kier molecular flexibility index (Phi) is 6.80. The molecule has 3 saturated heterocycles. The average Bonchev–Trinajstić information content (AvgIpc) is 3.19. The van der Waals surface area contributed by atoms with Gasteiger partial charge in [-0.05, 0) is 76.4 Å². The summed E-state index contributed by atoms with van der Waals surface area (Å²) in [7, 11) is 0. The standard InChI is InChI=1S/C23H36N4O2/c1-2-29-22-8-6-20(7-9-22)25-14-5-15-26(19-18-25)23(28)27-16-10-21(11-17-27)24-12-3-4-13-24/h6-9,21H,2-5,10-19H2,1H3. The molecule has 0 spiro atoms. The molecule has 0 N–H and O–H groups in total. The van der Waals surface area contributed by atoms with Crippen LogP contribution in [0.15, 0.2) is 24.3 Å². The predicted octanol–water partition coefficient (Wildman–Crippen LogP) is 3.28. The Hall–Kier alpha value is -1.95. The zero-order chi connectivity index (χ0) is 20.1. The zero-order valence-corrected chi connectivity index (χ0v) is 17.9. The topological polar surface area (TPSA) is 39.3 Å². The van der Waals surface area contributed by atoms with Crippen molar-refractivity contribution < 1.29 is 9.53 Å². The Balaban J connectivity index is 1.27. The molecule has 0 bridgehead atoms. The lowest BCUT2D eigenvalue weighted by molar-refractivity contribution is 0.113. The molecule has 6 nitrogen and oxygen atoms in total. The number of amides is 2. The molecular weight excluding hydrogens is 364 g/mol. The quantitative estimate of drug-likeness (QED) is 0.778. The Morgan fingerprint density at radius 1 is 0.862 bits per heavy atom. The number of piperidine rings is 1. The van der Waals surface area contributed by atoms with Gasteiger partial charge in [-0.2, -0.15) is 0 Å². The number of anilines is 1. The van der Waals surface area contributed by atoms with Crippen LogP contribution >= 0.6 is 0 Å². The van der Waals surface area contributed by atoms with E-state index >= 15 is 0 Å². The third-order valence-electron chi connectivity index (χ3n) is 6.67. The van der Waals surface area contributed by atoms with Crippen LogP contribution in [0.1, 0.15) is 39.0 Å². The lowest BCUT2D eigenvalue weighted by Crippen LogP contribution is -2.51. The average molecular weight is 401 g/mol. The predicted molar refractivity (Wildman–Crippen MR) is 117 cm³/mol. The van der Waals surface area contributed by atoms with Crippen LogP contribution in [0.4, 0.5) is 10.5 Å². The number of hydrogen-bond donors (Lipinski definition) is 0. The molecule has 0 aromatic heterocycles. The largest absolute Gasteiger partial charge is 0.494 e. The first-order chi connectivity index (χ1) is 14.2. The molecule has 1 aromatic rings. The summed E-state index contributed by atoms with van der Waals surface area (Å²) in [6.07, 6.45) is 5.98. The molecule has 3 aliphatic rings. The van der Waals surface area contributed by atoms with Gasteiger partial charge in [0.25, 0.3) is 0 Å². The van der Waals surface area contributed by atoms with Gasteiger partial charge < -0.3 is 24.3 Å². The number of urea groups is 1. The van der Waals surface area contributed by atoms with Crippen molar-refractivity contribution in [2.24, 2.45) is 0 Å². The lowest BCUT2D eigenvalue weighted by atomic mass is 10.0. The Morgan fingerprint density at radius 2 is 1.55 bits per heavy atom. The lowest BCUT2D eigenvalue weighted by Gasteiger charge is -2.38. The number of carbonyl (C=O) groups excluding carboxylic acids is 1. The molecular formula is C23H36N4O2. The molecule has 0 atom stereocenters. The SMILES string of the molecule is CCOc1ccc(N2CCCN(C(=O)N3CCC(N4CCCC4)CC3)CC2)cc1. The number of rotatable bonds is 4. The van der Waals surface area contributed by atoms with Crippen LogP contribution in [0.3, 0.4) is 0 Å². The van der Waals surface area contributed by atoms with E-state index in [0.717, 1.165) is 64.3 Å². The van der Waals surface area contributed by atoms with Crippen LogP contribution in [-0.2, 0) is 0 Å². The van der Waals surface area contributed by atoms with Crippen LogP contribution in [0, 0.1) is 0 Å². The number of benzene rings is 1. The van der Waals surface area contributed by atoms with E-state index in [2.05, 4.69) is 31.7 Å². The van der Waals surface area contributed by atoms with E-state index in [-0.39, 0.29) is 6.03 Å². The van der Waals surface area contributed by atoms with Crippen molar-refractivity contribution in [3.63, 3.8) is 0 Å². The third-order valence-corrected chi connectivity index (χ3v) is 6.67. The van der Waals surface area contributed by atoms with E-state index in [4.69, 9.17) is 4.74 Å². The van der Waals surface area contributed by atoms with Crippen molar-refractivity contribution in [1.82, 2.24) is 14.7 Å². The first-order valence-electron chi connectivity index (χ1n) is 11.5. The van der Waals surface area contributed by atoms with Crippen LogP contribution in [-0.4, -0.2) is 85.7 Å². The summed E-state index contributed by atoms with van der Waals surface area (Å²) >= 11 is 0. The molecule has 0 radical (unpaired) electrons. The highest BCUT2D eigenvalue weighted by atomic mass is 16.5. The molecule has 0 unspecified atom stereocenters. The summed E-state index contributed by atoms with van der Waals surface area (Å²) in [5.41, 5.74) is 1.22. The molecule has 1 aromatic carbocycles. The Bertz CT molecular complexity index is 651. The fraction of sp³-hybridized carbons (Fsp3) is 0.696. The summed E-state index contributed by atoms with van der Waals surface area (Å²) in [5, 5.41) is 0. The van der Waals surface area contributed by atoms with Crippen LogP contribution in [0.25, 0.3) is 0 Å². The summed E-state index contributed by atoms with van der Waals surface area (Å²) in [4.78, 5) is 22.3. The van der Waals surface area contributed by atoms with Gasteiger partial charge in [0, 0.05) is 51.0 Å². The van der Waals surface area contributed by atoms with Gasteiger partial charge in [-0.15, -0.1) is 0 Å². The summed E-state index contributed by atoms with van der Waals surface area (Å²) in [5.74, 6) is 0.917. The maximum absolute atomic E-state index is 13.1. The molecule has 160 valence electrons. The van der Waals surface area contributed by atoms with Crippen molar-refractivity contribution in [2.75, 3.05) is 63.9 Å². The van der Waals surface area contributed by atoms with Crippen molar-refractivity contribution in [3.8, 4) is 5.75 Å². The van der Waals surface area contributed by atoms with Gasteiger partial charge >= 0.3 is 6.03 Å². The van der Waals surface area contributed by atoms with Gasteiger partial charge in [-0.25, -0.2) is 4.79 Å². The Labute approximate surface area is 175 Å². The van der Waals surface area contributed by atoms with E-state index in [1.165, 1.54) is 31.6 Å². The monoisotopic (exact) mass is 400 g/mol. The zero-order valence-electron chi connectivity index (χ0n) is 17.9. The second-order valence-corrected chi connectivity index (χ2v) is 8.50. The minimum absolute atomic E-state index is 0.249. The minimum Gasteiger partial charge on any atom is -0.494 e. The molecule has 0 saturated carbocycles. The van der Waals surface area contributed by atoms with Gasteiger partial charge in [-0.1, -0.05) is 0 Å². The third kappa shape index (κ3) is 4.97. The summed E-state index contributed by atoms with van der Waals surface area (Å²) in [6, 6.07) is 9.28. The summed E-state index contributed by atoms with van der Waals surface area (Å²) in [6.45, 7) is 10.6. The molecule has 6 heteroatoms. The first kappa shape index (κ1) is 20.3. The number of nitrogens with zero attached hydrogens (tertiary/aromatic N) is 4. The first-order valence-corrected chi connectivity index (χ1v) is 11.5. The molecule has 3 heterocycles. The fourth-order valence-electron chi connectivity index (χ4n) is 5.02. The molecule has 3 fully saturated rings. The number of ether oxygens (including phenoxy) is 1. The minimum atomic E-state index is 0.249. The van der Waals surface area contributed by atoms with E-state index in [9.17, 15) is 4.79 Å². The second-order valence-electron chi connectivity index (χ2n) is 8.50. The molecule has 0 aliphatic carbocycles. The summed E-state index contributed by atoms with van der Waals surface area (Å²) < 4.78 is 5.55. The molecule has 29 heavy (non-hydrogen) atoms. The Morgan fingerprint density at radius 3 is 2.24 bits per heavy atom. The van der Waals surface area contributed by atoms with Crippen molar-refractivity contribution in [1.29, 1.82) is 0 Å². The van der Waals surface area contributed by atoms with E-state index in [1.807, 2.05) is 19.1 Å².